The molecule has 0 radical (unpaired) electrons. The molecule has 4 unspecified atom stereocenters. The van der Waals surface area contributed by atoms with Gasteiger partial charge in [-0.1, -0.05) is 20.8 Å². The van der Waals surface area contributed by atoms with Gasteiger partial charge in [-0.05, 0) is 11.8 Å². The molecule has 0 saturated carbocycles. The van der Waals surface area contributed by atoms with Crippen molar-refractivity contribution in [2.45, 2.75) is 45.4 Å². The summed E-state index contributed by atoms with van der Waals surface area (Å²) in [5.74, 6) is 0.778. The smallest absolute Gasteiger partial charge is 0.0755 e. The molecule has 0 N–H and O–H groups in total. The Morgan fingerprint density at radius 1 is 1.23 bits per heavy atom. The normalized spacial score (nSPS) is 49.2. The van der Waals surface area contributed by atoms with E-state index in [-0.39, 0.29) is 0 Å². The van der Waals surface area contributed by atoms with Crippen LogP contribution >= 0.6 is 0 Å². The van der Waals surface area contributed by atoms with Gasteiger partial charge in [0.2, 0.25) is 0 Å². The first-order valence-electron chi connectivity index (χ1n) is 5.47. The molecule has 2 bridgehead atoms. The lowest BCUT2D eigenvalue weighted by molar-refractivity contribution is 0.00308. The number of hydrogen-bond donors (Lipinski definition) is 0. The Morgan fingerprint density at radius 2 is 2.00 bits per heavy atom. The van der Waals surface area contributed by atoms with Crippen LogP contribution in [0.1, 0.15) is 27.2 Å². The molecule has 2 nitrogen and oxygen atoms in total. The zero-order chi connectivity index (χ0) is 9.22. The lowest BCUT2D eigenvalue weighted by Gasteiger charge is -2.29. The number of rotatable bonds is 0. The fraction of sp³-hybridized carbons (Fsp3) is 1.00. The summed E-state index contributed by atoms with van der Waals surface area (Å²) in [6, 6.07) is 0.755. The number of ether oxygens (including phenoxy) is 1. The van der Waals surface area contributed by atoms with Crippen LogP contribution in [0.4, 0.5) is 0 Å². The first-order valence-corrected chi connectivity index (χ1v) is 5.47. The lowest BCUT2D eigenvalue weighted by atomic mass is 9.75. The Bertz CT molecular complexity index is 219. The van der Waals surface area contributed by atoms with Crippen molar-refractivity contribution in [1.82, 2.24) is 4.90 Å². The molecule has 3 aliphatic rings. The minimum absolute atomic E-state index is 0.420. The molecule has 2 heteroatoms. The van der Waals surface area contributed by atoms with Crippen molar-refractivity contribution in [1.29, 1.82) is 0 Å². The maximum Gasteiger partial charge on any atom is 0.0755 e. The molecule has 0 aliphatic carbocycles. The third-order valence-corrected chi connectivity index (χ3v) is 4.04. The number of fused-ring (bicyclic) bond motifs is 1. The summed E-state index contributed by atoms with van der Waals surface area (Å²) in [5, 5.41) is 0. The van der Waals surface area contributed by atoms with E-state index in [1.807, 2.05) is 0 Å². The second-order valence-corrected chi connectivity index (χ2v) is 5.88. The number of morpholine rings is 1. The Morgan fingerprint density at radius 3 is 2.54 bits per heavy atom. The fourth-order valence-electron chi connectivity index (χ4n) is 3.65. The SMILES string of the molecule is CC(C)(C)C1C2CN3CCC(O2)C13. The molecule has 3 aliphatic heterocycles. The van der Waals surface area contributed by atoms with Gasteiger partial charge in [0.25, 0.3) is 0 Å². The molecular weight excluding hydrogens is 162 g/mol. The van der Waals surface area contributed by atoms with Gasteiger partial charge >= 0.3 is 0 Å². The van der Waals surface area contributed by atoms with Gasteiger partial charge in [-0.25, -0.2) is 0 Å². The van der Waals surface area contributed by atoms with Crippen molar-refractivity contribution in [2.75, 3.05) is 13.1 Å². The first kappa shape index (κ1) is 8.25. The minimum atomic E-state index is 0.420. The van der Waals surface area contributed by atoms with Gasteiger partial charge < -0.3 is 4.74 Å². The quantitative estimate of drug-likeness (QED) is 0.561. The fourth-order valence-corrected chi connectivity index (χ4v) is 3.65. The van der Waals surface area contributed by atoms with Crippen molar-refractivity contribution < 1.29 is 4.74 Å². The highest BCUT2D eigenvalue weighted by atomic mass is 16.5. The predicted octanol–water partition coefficient (Wildman–Crippen LogP) is 1.50. The summed E-state index contributed by atoms with van der Waals surface area (Å²) >= 11 is 0. The van der Waals surface area contributed by atoms with Crippen molar-refractivity contribution in [3.8, 4) is 0 Å². The first-order chi connectivity index (χ1) is 6.07. The monoisotopic (exact) mass is 181 g/mol. The summed E-state index contributed by atoms with van der Waals surface area (Å²) in [6.07, 6.45) is 2.38. The van der Waals surface area contributed by atoms with E-state index in [2.05, 4.69) is 25.7 Å². The van der Waals surface area contributed by atoms with E-state index in [4.69, 9.17) is 4.74 Å². The van der Waals surface area contributed by atoms with E-state index in [0.29, 0.717) is 17.6 Å². The van der Waals surface area contributed by atoms with Crippen LogP contribution in [0.3, 0.4) is 0 Å². The standard InChI is InChI=1S/C11H19NO/c1-11(2,3)9-8-6-12-5-4-7(13-8)10(9)12/h7-10H,4-6H2,1-3H3. The molecule has 0 spiro atoms. The van der Waals surface area contributed by atoms with E-state index in [0.717, 1.165) is 12.0 Å². The molecule has 74 valence electrons. The molecule has 3 heterocycles. The summed E-state index contributed by atoms with van der Waals surface area (Å²) in [5.41, 5.74) is 0.420. The lowest BCUT2D eigenvalue weighted by Crippen LogP contribution is -2.36. The Labute approximate surface area is 80.2 Å². The highest BCUT2D eigenvalue weighted by Crippen LogP contribution is 2.50. The zero-order valence-electron chi connectivity index (χ0n) is 8.79. The average molecular weight is 181 g/mol. The van der Waals surface area contributed by atoms with Gasteiger partial charge in [-0.15, -0.1) is 0 Å². The topological polar surface area (TPSA) is 12.5 Å². The van der Waals surface area contributed by atoms with Gasteiger partial charge in [0.15, 0.2) is 0 Å². The maximum absolute atomic E-state index is 6.05. The van der Waals surface area contributed by atoms with Crippen LogP contribution < -0.4 is 0 Å². The van der Waals surface area contributed by atoms with Gasteiger partial charge in [0.05, 0.1) is 12.2 Å². The van der Waals surface area contributed by atoms with Crippen LogP contribution in [-0.4, -0.2) is 36.2 Å². The second kappa shape index (κ2) is 2.29. The van der Waals surface area contributed by atoms with Crippen molar-refractivity contribution >= 4 is 0 Å². The number of hydrogen-bond acceptors (Lipinski definition) is 2. The third kappa shape index (κ3) is 0.962. The van der Waals surface area contributed by atoms with Crippen molar-refractivity contribution in [3.63, 3.8) is 0 Å². The highest BCUT2D eigenvalue weighted by molar-refractivity contribution is 5.10. The van der Waals surface area contributed by atoms with Crippen LogP contribution in [0.5, 0.6) is 0 Å². The van der Waals surface area contributed by atoms with Crippen molar-refractivity contribution in [2.24, 2.45) is 11.3 Å². The minimum Gasteiger partial charge on any atom is -0.372 e. The molecule has 0 aromatic carbocycles. The Kier molecular flexibility index (Phi) is 1.45. The van der Waals surface area contributed by atoms with Crippen LogP contribution in [-0.2, 0) is 4.74 Å². The summed E-state index contributed by atoms with van der Waals surface area (Å²) in [4.78, 5) is 2.65. The Balaban J connectivity index is 1.94. The van der Waals surface area contributed by atoms with E-state index in [1.54, 1.807) is 0 Å². The summed E-state index contributed by atoms with van der Waals surface area (Å²) in [6.45, 7) is 9.55. The summed E-state index contributed by atoms with van der Waals surface area (Å²) < 4.78 is 6.05. The molecule has 13 heavy (non-hydrogen) atoms. The van der Waals surface area contributed by atoms with Gasteiger partial charge in [0, 0.05) is 25.0 Å². The van der Waals surface area contributed by atoms with Crippen LogP contribution in [0.15, 0.2) is 0 Å². The molecule has 4 atom stereocenters. The molecule has 3 rings (SSSR count). The highest BCUT2D eigenvalue weighted by Gasteiger charge is 2.59. The van der Waals surface area contributed by atoms with Crippen LogP contribution in [0.25, 0.3) is 0 Å². The largest absolute Gasteiger partial charge is 0.372 e. The molecule has 3 saturated heterocycles. The van der Waals surface area contributed by atoms with Gasteiger partial charge in [0.1, 0.15) is 0 Å². The van der Waals surface area contributed by atoms with E-state index in [9.17, 15) is 0 Å². The molecule has 0 aromatic heterocycles. The molecule has 3 fully saturated rings. The number of nitrogens with zero attached hydrogens (tertiary/aromatic N) is 1. The zero-order valence-corrected chi connectivity index (χ0v) is 8.79. The average Bonchev–Trinajstić information content (AvgIpc) is 2.52. The third-order valence-electron chi connectivity index (χ3n) is 4.04. The predicted molar refractivity (Wildman–Crippen MR) is 51.6 cm³/mol. The molecule has 0 aromatic rings. The second-order valence-electron chi connectivity index (χ2n) is 5.88. The van der Waals surface area contributed by atoms with Crippen LogP contribution in [0, 0.1) is 11.3 Å². The van der Waals surface area contributed by atoms with Crippen LogP contribution in [0.2, 0.25) is 0 Å². The van der Waals surface area contributed by atoms with Crippen molar-refractivity contribution in [3.05, 3.63) is 0 Å². The molecule has 0 amide bonds. The van der Waals surface area contributed by atoms with E-state index >= 15 is 0 Å². The van der Waals surface area contributed by atoms with Gasteiger partial charge in [-0.3, -0.25) is 4.90 Å². The summed E-state index contributed by atoms with van der Waals surface area (Å²) in [7, 11) is 0. The van der Waals surface area contributed by atoms with Gasteiger partial charge in [-0.2, -0.15) is 0 Å². The Hall–Kier alpha value is -0.0800. The van der Waals surface area contributed by atoms with E-state index < -0.39 is 0 Å². The maximum atomic E-state index is 6.05. The molecular formula is C11H19NO. The van der Waals surface area contributed by atoms with E-state index in [1.165, 1.54) is 19.5 Å².